The monoisotopic (exact) mass is 302 g/mol. The third-order valence-corrected chi connectivity index (χ3v) is 3.68. The fraction of sp³-hybridized carbons (Fsp3) is 0.571. The summed E-state index contributed by atoms with van der Waals surface area (Å²) in [5, 5.41) is 0.957. The smallest absolute Gasteiger partial charge is 0.165 e. The van der Waals surface area contributed by atoms with Gasteiger partial charge in [0.25, 0.3) is 0 Å². The van der Waals surface area contributed by atoms with Crippen molar-refractivity contribution in [2.45, 2.75) is 26.7 Å². The minimum absolute atomic E-state index is 0.275. The van der Waals surface area contributed by atoms with Crippen molar-refractivity contribution in [2.75, 3.05) is 12.4 Å². The molecule has 1 aromatic carbocycles. The van der Waals surface area contributed by atoms with E-state index in [1.807, 2.05) is 6.07 Å². The van der Waals surface area contributed by atoms with Crippen LogP contribution in [0.4, 0.5) is 4.39 Å². The molecule has 0 heterocycles. The third kappa shape index (κ3) is 4.66. The Kier molecular flexibility index (Phi) is 5.96. The molecule has 0 aliphatic rings. The first-order valence-corrected chi connectivity index (χ1v) is 7.07. The molecule has 0 fully saturated rings. The minimum atomic E-state index is -0.275. The van der Waals surface area contributed by atoms with Gasteiger partial charge in [-0.1, -0.05) is 35.8 Å². The predicted octanol–water partition coefficient (Wildman–Crippen LogP) is 4.43. The summed E-state index contributed by atoms with van der Waals surface area (Å²) >= 11 is 3.53. The van der Waals surface area contributed by atoms with Gasteiger partial charge >= 0.3 is 0 Å². The highest BCUT2D eigenvalue weighted by atomic mass is 79.9. The zero-order chi connectivity index (χ0) is 12.8. The van der Waals surface area contributed by atoms with Crippen molar-refractivity contribution in [1.29, 1.82) is 0 Å². The van der Waals surface area contributed by atoms with E-state index in [0.29, 0.717) is 17.6 Å². The van der Waals surface area contributed by atoms with Crippen molar-refractivity contribution in [3.63, 3.8) is 0 Å². The van der Waals surface area contributed by atoms with Crippen LogP contribution in [0.2, 0.25) is 0 Å². The Labute approximate surface area is 111 Å². The maximum absolute atomic E-state index is 13.5. The van der Waals surface area contributed by atoms with E-state index in [2.05, 4.69) is 29.8 Å². The highest BCUT2D eigenvalue weighted by Gasteiger charge is 2.12. The quantitative estimate of drug-likeness (QED) is 0.706. The summed E-state index contributed by atoms with van der Waals surface area (Å²) in [6, 6.07) is 5.22. The van der Waals surface area contributed by atoms with Gasteiger partial charge in [-0.2, -0.15) is 0 Å². The molecule has 0 aromatic heterocycles. The van der Waals surface area contributed by atoms with Crippen LogP contribution < -0.4 is 4.74 Å². The van der Waals surface area contributed by atoms with Crippen LogP contribution in [0, 0.1) is 17.7 Å². The molecule has 17 heavy (non-hydrogen) atoms. The van der Waals surface area contributed by atoms with E-state index >= 15 is 0 Å². The minimum Gasteiger partial charge on any atom is -0.494 e. The standard InChI is InChI=1S/C14H20BrFO/c1-10(2)6-12(9-15)7-11-4-5-14(17-3)13(16)8-11/h4-5,8,10,12H,6-7,9H2,1-3H3. The molecular formula is C14H20BrFO. The van der Waals surface area contributed by atoms with Crippen LogP contribution in [0.1, 0.15) is 25.8 Å². The van der Waals surface area contributed by atoms with Crippen molar-refractivity contribution in [3.8, 4) is 5.75 Å². The van der Waals surface area contributed by atoms with E-state index in [9.17, 15) is 4.39 Å². The number of alkyl halides is 1. The number of ether oxygens (including phenoxy) is 1. The number of hydrogen-bond acceptors (Lipinski definition) is 1. The highest BCUT2D eigenvalue weighted by Crippen LogP contribution is 2.23. The van der Waals surface area contributed by atoms with E-state index < -0.39 is 0 Å². The molecule has 1 nitrogen and oxygen atoms in total. The molecule has 96 valence electrons. The molecule has 0 saturated heterocycles. The van der Waals surface area contributed by atoms with Crippen molar-refractivity contribution in [1.82, 2.24) is 0 Å². The Morgan fingerprint density at radius 1 is 1.35 bits per heavy atom. The lowest BCUT2D eigenvalue weighted by atomic mass is 9.92. The zero-order valence-corrected chi connectivity index (χ0v) is 12.3. The lowest BCUT2D eigenvalue weighted by Crippen LogP contribution is -2.09. The molecule has 0 saturated carbocycles. The second kappa shape index (κ2) is 7.00. The molecule has 0 spiro atoms. The first-order valence-electron chi connectivity index (χ1n) is 5.95. The van der Waals surface area contributed by atoms with Gasteiger partial charge in [0.15, 0.2) is 11.6 Å². The van der Waals surface area contributed by atoms with Gasteiger partial charge in [-0.15, -0.1) is 0 Å². The molecule has 3 heteroatoms. The molecule has 0 N–H and O–H groups in total. The Balaban J connectivity index is 2.69. The lowest BCUT2D eigenvalue weighted by Gasteiger charge is -2.16. The largest absolute Gasteiger partial charge is 0.494 e. The summed E-state index contributed by atoms with van der Waals surface area (Å²) in [7, 11) is 1.48. The third-order valence-electron chi connectivity index (χ3n) is 2.76. The molecule has 0 bridgehead atoms. The summed E-state index contributed by atoms with van der Waals surface area (Å²) in [6.07, 6.45) is 2.06. The molecule has 1 atom stereocenters. The van der Waals surface area contributed by atoms with Crippen molar-refractivity contribution < 1.29 is 9.13 Å². The van der Waals surface area contributed by atoms with Gasteiger partial charge in [-0.25, -0.2) is 4.39 Å². The van der Waals surface area contributed by atoms with Gasteiger partial charge in [0.2, 0.25) is 0 Å². The van der Waals surface area contributed by atoms with E-state index in [1.165, 1.54) is 7.11 Å². The average molecular weight is 303 g/mol. The van der Waals surface area contributed by atoms with Crippen LogP contribution in [0.5, 0.6) is 5.75 Å². The van der Waals surface area contributed by atoms with Gasteiger partial charge in [0, 0.05) is 5.33 Å². The number of benzene rings is 1. The normalized spacial score (nSPS) is 12.8. The summed E-state index contributed by atoms with van der Waals surface area (Å²) in [4.78, 5) is 0. The van der Waals surface area contributed by atoms with Gasteiger partial charge in [-0.3, -0.25) is 0 Å². The number of methoxy groups -OCH3 is 1. The van der Waals surface area contributed by atoms with Gasteiger partial charge in [0.1, 0.15) is 0 Å². The van der Waals surface area contributed by atoms with Gasteiger partial charge < -0.3 is 4.74 Å². The van der Waals surface area contributed by atoms with E-state index in [4.69, 9.17) is 4.74 Å². The Bertz CT molecular complexity index is 352. The molecule has 1 unspecified atom stereocenters. The maximum Gasteiger partial charge on any atom is 0.165 e. The second-order valence-electron chi connectivity index (χ2n) is 4.82. The van der Waals surface area contributed by atoms with Crippen molar-refractivity contribution >= 4 is 15.9 Å². The highest BCUT2D eigenvalue weighted by molar-refractivity contribution is 9.09. The zero-order valence-electron chi connectivity index (χ0n) is 10.7. The summed E-state index contributed by atoms with van der Waals surface area (Å²) in [5.41, 5.74) is 1.04. The summed E-state index contributed by atoms with van der Waals surface area (Å²) in [5.74, 6) is 1.26. The van der Waals surface area contributed by atoms with Crippen LogP contribution >= 0.6 is 15.9 Å². The van der Waals surface area contributed by atoms with Crippen LogP contribution in [0.3, 0.4) is 0 Å². The molecule has 1 rings (SSSR count). The van der Waals surface area contributed by atoms with Crippen LogP contribution in [0.25, 0.3) is 0 Å². The Morgan fingerprint density at radius 2 is 2.06 bits per heavy atom. The molecule has 0 aliphatic heterocycles. The number of rotatable bonds is 6. The SMILES string of the molecule is COc1ccc(CC(CBr)CC(C)C)cc1F. The predicted molar refractivity (Wildman–Crippen MR) is 73.4 cm³/mol. The van der Waals surface area contributed by atoms with E-state index in [-0.39, 0.29) is 5.82 Å². The van der Waals surface area contributed by atoms with Crippen LogP contribution in [0.15, 0.2) is 18.2 Å². The molecule has 0 aliphatic carbocycles. The molecular weight excluding hydrogens is 283 g/mol. The molecule has 1 aromatic rings. The lowest BCUT2D eigenvalue weighted by molar-refractivity contribution is 0.385. The summed E-state index contributed by atoms with van der Waals surface area (Å²) in [6.45, 7) is 4.43. The van der Waals surface area contributed by atoms with Gasteiger partial charge in [-0.05, 0) is 42.4 Å². The average Bonchev–Trinajstić information content (AvgIpc) is 2.27. The Morgan fingerprint density at radius 3 is 2.53 bits per heavy atom. The molecule has 0 amide bonds. The van der Waals surface area contributed by atoms with Crippen molar-refractivity contribution in [3.05, 3.63) is 29.6 Å². The number of hydrogen-bond donors (Lipinski definition) is 0. The van der Waals surface area contributed by atoms with E-state index in [0.717, 1.165) is 23.7 Å². The van der Waals surface area contributed by atoms with Gasteiger partial charge in [0.05, 0.1) is 7.11 Å². The fourth-order valence-electron chi connectivity index (χ4n) is 2.04. The Hall–Kier alpha value is -0.570. The first kappa shape index (κ1) is 14.5. The van der Waals surface area contributed by atoms with Crippen LogP contribution in [-0.2, 0) is 6.42 Å². The first-order chi connectivity index (χ1) is 8.06. The topological polar surface area (TPSA) is 9.23 Å². The second-order valence-corrected chi connectivity index (χ2v) is 5.47. The fourth-order valence-corrected chi connectivity index (χ4v) is 2.53. The summed E-state index contributed by atoms with van der Waals surface area (Å²) < 4.78 is 18.4. The van der Waals surface area contributed by atoms with Crippen LogP contribution in [-0.4, -0.2) is 12.4 Å². The van der Waals surface area contributed by atoms with Crippen molar-refractivity contribution in [2.24, 2.45) is 11.8 Å². The molecule has 0 radical (unpaired) electrons. The number of halogens is 2. The maximum atomic E-state index is 13.5. The van der Waals surface area contributed by atoms with E-state index in [1.54, 1.807) is 12.1 Å².